The number of rotatable bonds is 7. The largest absolute Gasteiger partial charge is 0.379 e. The number of nitrogens with zero attached hydrogens (tertiary/aromatic N) is 1. The van der Waals surface area contributed by atoms with E-state index in [4.69, 9.17) is 4.74 Å². The van der Waals surface area contributed by atoms with E-state index < -0.39 is 0 Å². The number of ether oxygens (including phenoxy) is 1. The van der Waals surface area contributed by atoms with Crippen LogP contribution in [0.25, 0.3) is 0 Å². The van der Waals surface area contributed by atoms with Crippen molar-refractivity contribution in [3.05, 3.63) is 35.4 Å². The molecule has 1 aromatic rings. The summed E-state index contributed by atoms with van der Waals surface area (Å²) in [4.78, 5) is 14.3. The van der Waals surface area contributed by atoms with Gasteiger partial charge >= 0.3 is 0 Å². The second-order valence-corrected chi connectivity index (χ2v) is 5.27. The van der Waals surface area contributed by atoms with Crippen LogP contribution in [-0.2, 0) is 4.74 Å². The van der Waals surface area contributed by atoms with Crippen LogP contribution < -0.4 is 5.32 Å². The van der Waals surface area contributed by atoms with Crippen molar-refractivity contribution in [2.75, 3.05) is 45.9 Å². The Morgan fingerprint density at radius 2 is 1.95 bits per heavy atom. The number of carbonyl (C=O) groups is 1. The fraction of sp³-hybridized carbons (Fsp3) is 0.562. The highest BCUT2D eigenvalue weighted by Crippen LogP contribution is 2.03. The second-order valence-electron chi connectivity index (χ2n) is 5.27. The predicted molar refractivity (Wildman–Crippen MR) is 80.3 cm³/mol. The van der Waals surface area contributed by atoms with Crippen LogP contribution in [0.2, 0.25) is 0 Å². The van der Waals surface area contributed by atoms with E-state index in [1.807, 2.05) is 31.2 Å². The van der Waals surface area contributed by atoms with Gasteiger partial charge in [0.2, 0.25) is 0 Å². The van der Waals surface area contributed by atoms with Crippen molar-refractivity contribution >= 4 is 5.78 Å². The molecule has 1 aliphatic rings. The molecule has 1 aliphatic heterocycles. The molecule has 1 saturated heterocycles. The number of morpholine rings is 1. The molecule has 0 bridgehead atoms. The minimum atomic E-state index is 0.163. The van der Waals surface area contributed by atoms with Gasteiger partial charge in [0.25, 0.3) is 0 Å². The zero-order chi connectivity index (χ0) is 14.2. The summed E-state index contributed by atoms with van der Waals surface area (Å²) in [5.74, 6) is 0.163. The SMILES string of the molecule is Cc1ccc(C(=O)CNCCCN2CCOCC2)cc1. The van der Waals surface area contributed by atoms with Crippen LogP contribution in [-0.4, -0.2) is 56.6 Å². The molecule has 1 N–H and O–H groups in total. The Bertz CT molecular complexity index is 411. The van der Waals surface area contributed by atoms with Gasteiger partial charge in [0, 0.05) is 18.7 Å². The van der Waals surface area contributed by atoms with Crippen LogP contribution in [0.15, 0.2) is 24.3 Å². The number of nitrogens with one attached hydrogen (secondary N) is 1. The Morgan fingerprint density at radius 1 is 1.25 bits per heavy atom. The van der Waals surface area contributed by atoms with E-state index in [1.165, 1.54) is 5.56 Å². The van der Waals surface area contributed by atoms with Gasteiger partial charge in [-0.15, -0.1) is 0 Å². The molecule has 1 aromatic carbocycles. The van der Waals surface area contributed by atoms with Gasteiger partial charge in [-0.1, -0.05) is 29.8 Å². The molecular formula is C16H24N2O2. The van der Waals surface area contributed by atoms with Crippen LogP contribution >= 0.6 is 0 Å². The summed E-state index contributed by atoms with van der Waals surface area (Å²) >= 11 is 0. The van der Waals surface area contributed by atoms with Crippen LogP contribution in [0.5, 0.6) is 0 Å². The smallest absolute Gasteiger partial charge is 0.176 e. The molecule has 0 atom stereocenters. The monoisotopic (exact) mass is 276 g/mol. The molecule has 4 nitrogen and oxygen atoms in total. The molecule has 0 saturated carbocycles. The molecule has 0 aromatic heterocycles. The Labute approximate surface area is 121 Å². The van der Waals surface area contributed by atoms with Crippen molar-refractivity contribution in [3.8, 4) is 0 Å². The van der Waals surface area contributed by atoms with E-state index in [1.54, 1.807) is 0 Å². The van der Waals surface area contributed by atoms with Gasteiger partial charge in [-0.2, -0.15) is 0 Å². The number of aryl methyl sites for hydroxylation is 1. The number of benzene rings is 1. The van der Waals surface area contributed by atoms with Crippen LogP contribution in [0.1, 0.15) is 22.3 Å². The summed E-state index contributed by atoms with van der Waals surface area (Å²) < 4.78 is 5.31. The lowest BCUT2D eigenvalue weighted by molar-refractivity contribution is 0.0375. The molecule has 0 radical (unpaired) electrons. The summed E-state index contributed by atoms with van der Waals surface area (Å²) in [5, 5.41) is 3.23. The Hall–Kier alpha value is -1.23. The first kappa shape index (κ1) is 15.2. The Kier molecular flexibility index (Phi) is 6.18. The number of hydrogen-bond donors (Lipinski definition) is 1. The Balaban J connectivity index is 1.58. The zero-order valence-electron chi connectivity index (χ0n) is 12.2. The van der Waals surface area contributed by atoms with E-state index in [2.05, 4.69) is 10.2 Å². The van der Waals surface area contributed by atoms with Crippen LogP contribution in [0.3, 0.4) is 0 Å². The quantitative estimate of drug-likeness (QED) is 0.605. The van der Waals surface area contributed by atoms with E-state index in [-0.39, 0.29) is 5.78 Å². The maximum atomic E-state index is 11.9. The number of ketones is 1. The minimum Gasteiger partial charge on any atom is -0.379 e. The average Bonchev–Trinajstić information content (AvgIpc) is 2.48. The van der Waals surface area contributed by atoms with Crippen molar-refractivity contribution in [2.24, 2.45) is 0 Å². The Morgan fingerprint density at radius 3 is 2.65 bits per heavy atom. The predicted octanol–water partition coefficient (Wildman–Crippen LogP) is 1.49. The standard InChI is InChI=1S/C16H24N2O2/c1-14-3-5-15(6-4-14)16(19)13-17-7-2-8-18-9-11-20-12-10-18/h3-6,17H,2,7-13H2,1H3. The molecule has 1 heterocycles. The van der Waals surface area contributed by atoms with Gasteiger partial charge < -0.3 is 10.1 Å². The van der Waals surface area contributed by atoms with E-state index >= 15 is 0 Å². The van der Waals surface area contributed by atoms with E-state index in [0.29, 0.717) is 6.54 Å². The molecule has 110 valence electrons. The fourth-order valence-electron chi connectivity index (χ4n) is 2.30. The van der Waals surface area contributed by atoms with Crippen molar-refractivity contribution < 1.29 is 9.53 Å². The van der Waals surface area contributed by atoms with Crippen LogP contribution in [0, 0.1) is 6.92 Å². The molecule has 0 unspecified atom stereocenters. The van der Waals surface area contributed by atoms with Crippen molar-refractivity contribution in [3.63, 3.8) is 0 Å². The topological polar surface area (TPSA) is 41.6 Å². The molecule has 0 spiro atoms. The number of hydrogen-bond acceptors (Lipinski definition) is 4. The van der Waals surface area contributed by atoms with E-state index in [0.717, 1.165) is 51.4 Å². The van der Waals surface area contributed by atoms with Gasteiger partial charge in [0.1, 0.15) is 0 Å². The van der Waals surface area contributed by atoms with Gasteiger partial charge in [0.05, 0.1) is 19.8 Å². The van der Waals surface area contributed by atoms with Crippen molar-refractivity contribution in [1.82, 2.24) is 10.2 Å². The maximum Gasteiger partial charge on any atom is 0.176 e. The van der Waals surface area contributed by atoms with Crippen LogP contribution in [0.4, 0.5) is 0 Å². The highest BCUT2D eigenvalue weighted by Gasteiger charge is 2.09. The third kappa shape index (κ3) is 5.04. The van der Waals surface area contributed by atoms with Crippen molar-refractivity contribution in [1.29, 1.82) is 0 Å². The first-order chi connectivity index (χ1) is 9.75. The fourth-order valence-corrected chi connectivity index (χ4v) is 2.30. The molecule has 1 fully saturated rings. The normalized spacial score (nSPS) is 16.2. The summed E-state index contributed by atoms with van der Waals surface area (Å²) in [6.45, 7) is 8.16. The highest BCUT2D eigenvalue weighted by atomic mass is 16.5. The second kappa shape index (κ2) is 8.15. The average molecular weight is 276 g/mol. The lowest BCUT2D eigenvalue weighted by atomic mass is 10.1. The summed E-state index contributed by atoms with van der Waals surface area (Å²) in [5.41, 5.74) is 1.97. The molecule has 20 heavy (non-hydrogen) atoms. The van der Waals surface area contributed by atoms with Gasteiger partial charge in [0.15, 0.2) is 5.78 Å². The number of Topliss-reactive ketones (excluding diaryl/α,β-unsaturated/α-hetero) is 1. The third-order valence-corrected chi connectivity index (χ3v) is 3.59. The molecule has 0 amide bonds. The highest BCUT2D eigenvalue weighted by molar-refractivity contribution is 5.97. The number of carbonyl (C=O) groups excluding carboxylic acids is 1. The first-order valence-electron chi connectivity index (χ1n) is 7.36. The lowest BCUT2D eigenvalue weighted by Gasteiger charge is -2.26. The van der Waals surface area contributed by atoms with E-state index in [9.17, 15) is 4.79 Å². The van der Waals surface area contributed by atoms with Gasteiger partial charge in [-0.25, -0.2) is 0 Å². The zero-order valence-corrected chi connectivity index (χ0v) is 12.2. The van der Waals surface area contributed by atoms with Crippen molar-refractivity contribution in [2.45, 2.75) is 13.3 Å². The molecule has 4 heteroatoms. The molecular weight excluding hydrogens is 252 g/mol. The molecule has 2 rings (SSSR count). The molecule has 0 aliphatic carbocycles. The summed E-state index contributed by atoms with van der Waals surface area (Å²) in [6, 6.07) is 7.75. The lowest BCUT2D eigenvalue weighted by Crippen LogP contribution is -2.38. The summed E-state index contributed by atoms with van der Waals surface area (Å²) in [7, 11) is 0. The third-order valence-electron chi connectivity index (χ3n) is 3.59. The maximum absolute atomic E-state index is 11.9. The van der Waals surface area contributed by atoms with Gasteiger partial charge in [-0.05, 0) is 26.4 Å². The summed E-state index contributed by atoms with van der Waals surface area (Å²) in [6.07, 6.45) is 1.07. The van der Waals surface area contributed by atoms with Gasteiger partial charge in [-0.3, -0.25) is 9.69 Å². The minimum absolute atomic E-state index is 0.163. The first-order valence-corrected chi connectivity index (χ1v) is 7.36.